The van der Waals surface area contributed by atoms with Gasteiger partial charge in [-0.15, -0.1) is 22.9 Å². The van der Waals surface area contributed by atoms with E-state index in [0.717, 1.165) is 56.2 Å². The minimum absolute atomic E-state index is 0.401. The van der Waals surface area contributed by atoms with Gasteiger partial charge in [0.1, 0.15) is 0 Å². The Kier molecular flexibility index (Phi) is 5.71. The number of nitrogens with zero attached hydrogens (tertiary/aromatic N) is 1. The Morgan fingerprint density at radius 1 is 1.47 bits per heavy atom. The Morgan fingerprint density at radius 2 is 2.29 bits per heavy atom. The zero-order chi connectivity index (χ0) is 11.9. The van der Waals surface area contributed by atoms with E-state index in [1.54, 1.807) is 11.3 Å². The fraction of sp³-hybridized carbons (Fsp3) is 0.750. The number of halogens is 1. The monoisotopic (exact) mass is 275 g/mol. The highest BCUT2D eigenvalue weighted by Crippen LogP contribution is 2.15. The van der Waals surface area contributed by atoms with Crippen molar-refractivity contribution < 1.29 is 9.47 Å². The lowest BCUT2D eigenvalue weighted by molar-refractivity contribution is -0.0322. The summed E-state index contributed by atoms with van der Waals surface area (Å²) in [6.45, 7) is 2.51. The molecule has 5 heteroatoms. The second-order valence-electron chi connectivity index (χ2n) is 4.15. The first kappa shape index (κ1) is 13.3. The number of aryl methyl sites for hydroxylation is 1. The first-order chi connectivity index (χ1) is 8.38. The average molecular weight is 276 g/mol. The van der Waals surface area contributed by atoms with Crippen LogP contribution in [-0.4, -0.2) is 30.9 Å². The van der Waals surface area contributed by atoms with Gasteiger partial charge in [0.15, 0.2) is 0 Å². The van der Waals surface area contributed by atoms with Gasteiger partial charge in [-0.1, -0.05) is 0 Å². The molecule has 2 rings (SSSR count). The molecule has 0 radical (unpaired) electrons. The van der Waals surface area contributed by atoms with Gasteiger partial charge in [-0.05, 0) is 19.3 Å². The Morgan fingerprint density at radius 3 is 3.00 bits per heavy atom. The van der Waals surface area contributed by atoms with Gasteiger partial charge in [0.05, 0.1) is 22.7 Å². The molecule has 0 unspecified atom stereocenters. The highest BCUT2D eigenvalue weighted by atomic mass is 35.5. The average Bonchev–Trinajstić information content (AvgIpc) is 2.84. The summed E-state index contributed by atoms with van der Waals surface area (Å²) in [4.78, 5) is 4.42. The molecule has 0 amide bonds. The maximum absolute atomic E-state index is 5.81. The van der Waals surface area contributed by atoms with Crippen LogP contribution in [0.15, 0.2) is 5.38 Å². The van der Waals surface area contributed by atoms with Crippen LogP contribution >= 0.6 is 22.9 Å². The molecule has 0 N–H and O–H groups in total. The third kappa shape index (κ3) is 4.54. The van der Waals surface area contributed by atoms with Crippen LogP contribution in [0.25, 0.3) is 0 Å². The number of hydrogen-bond donors (Lipinski definition) is 0. The third-order valence-electron chi connectivity index (χ3n) is 2.79. The molecule has 3 nitrogen and oxygen atoms in total. The topological polar surface area (TPSA) is 31.4 Å². The third-order valence-corrected chi connectivity index (χ3v) is 4.02. The molecule has 0 aliphatic carbocycles. The van der Waals surface area contributed by atoms with E-state index in [1.165, 1.54) is 0 Å². The van der Waals surface area contributed by atoms with E-state index in [9.17, 15) is 0 Å². The Balaban J connectivity index is 1.59. The minimum atomic E-state index is 0.401. The van der Waals surface area contributed by atoms with E-state index >= 15 is 0 Å². The smallest absolute Gasteiger partial charge is 0.0929 e. The zero-order valence-electron chi connectivity index (χ0n) is 9.86. The molecule has 17 heavy (non-hydrogen) atoms. The summed E-state index contributed by atoms with van der Waals surface area (Å²) in [5.74, 6) is 0.509. The fourth-order valence-corrected chi connectivity index (χ4v) is 2.91. The highest BCUT2D eigenvalue weighted by Gasteiger charge is 2.13. The van der Waals surface area contributed by atoms with Crippen molar-refractivity contribution >= 4 is 22.9 Å². The quantitative estimate of drug-likeness (QED) is 0.591. The molecule has 1 aromatic rings. The first-order valence-corrected chi connectivity index (χ1v) is 7.48. The molecule has 1 fully saturated rings. The van der Waals surface area contributed by atoms with Gasteiger partial charge in [0.25, 0.3) is 0 Å². The molecule has 0 spiro atoms. The van der Waals surface area contributed by atoms with Crippen LogP contribution in [0.1, 0.15) is 30.0 Å². The maximum Gasteiger partial charge on any atom is 0.0929 e. The van der Waals surface area contributed by atoms with E-state index < -0.39 is 0 Å². The van der Waals surface area contributed by atoms with E-state index in [0.29, 0.717) is 12.0 Å². The second-order valence-corrected chi connectivity index (χ2v) is 5.36. The molecule has 1 aliphatic heterocycles. The number of aromatic nitrogens is 1. The minimum Gasteiger partial charge on any atom is -0.381 e. The van der Waals surface area contributed by atoms with Gasteiger partial charge in [-0.3, -0.25) is 0 Å². The van der Waals surface area contributed by atoms with Crippen molar-refractivity contribution in [2.24, 2.45) is 0 Å². The van der Waals surface area contributed by atoms with Crippen LogP contribution in [0.3, 0.4) is 0 Å². The Hall–Kier alpha value is -0.160. The molecule has 0 atom stereocenters. The van der Waals surface area contributed by atoms with Crippen molar-refractivity contribution in [2.45, 2.75) is 37.7 Å². The molecular formula is C12H18ClNO2S. The summed E-state index contributed by atoms with van der Waals surface area (Å²) in [5, 5.41) is 3.19. The number of ether oxygens (including phenoxy) is 2. The Bertz CT molecular complexity index is 326. The molecule has 1 saturated heterocycles. The largest absolute Gasteiger partial charge is 0.381 e. The van der Waals surface area contributed by atoms with Crippen molar-refractivity contribution in [2.75, 3.05) is 19.8 Å². The lowest BCUT2D eigenvalue weighted by Crippen LogP contribution is -2.23. The van der Waals surface area contributed by atoms with Gasteiger partial charge in [-0.2, -0.15) is 0 Å². The van der Waals surface area contributed by atoms with Crippen LogP contribution in [0, 0.1) is 0 Å². The number of alkyl halides is 1. The second kappa shape index (κ2) is 7.31. The summed E-state index contributed by atoms with van der Waals surface area (Å²) in [6, 6.07) is 0. The van der Waals surface area contributed by atoms with Gasteiger partial charge < -0.3 is 9.47 Å². The summed E-state index contributed by atoms with van der Waals surface area (Å²) in [5.41, 5.74) is 0.983. The van der Waals surface area contributed by atoms with Gasteiger partial charge in [0.2, 0.25) is 0 Å². The molecule has 0 aromatic carbocycles. The molecule has 1 aliphatic rings. The molecule has 0 bridgehead atoms. The van der Waals surface area contributed by atoms with Crippen molar-refractivity contribution in [3.8, 4) is 0 Å². The first-order valence-electron chi connectivity index (χ1n) is 6.07. The Labute approximate surface area is 111 Å². The van der Waals surface area contributed by atoms with Gasteiger partial charge in [0, 0.05) is 31.6 Å². The van der Waals surface area contributed by atoms with Crippen molar-refractivity contribution in [3.63, 3.8) is 0 Å². The molecule has 96 valence electrons. The van der Waals surface area contributed by atoms with Crippen molar-refractivity contribution in [1.29, 1.82) is 0 Å². The van der Waals surface area contributed by atoms with Crippen LogP contribution in [0.2, 0.25) is 0 Å². The summed E-state index contributed by atoms with van der Waals surface area (Å²) in [7, 11) is 0. The highest BCUT2D eigenvalue weighted by molar-refractivity contribution is 7.09. The van der Waals surface area contributed by atoms with Crippen molar-refractivity contribution in [3.05, 3.63) is 16.1 Å². The van der Waals surface area contributed by atoms with E-state index in [1.807, 2.05) is 5.38 Å². The molecule has 2 heterocycles. The normalized spacial score (nSPS) is 17.5. The SMILES string of the molecule is ClCc1csc(CCCOC2CCOCC2)n1. The summed E-state index contributed by atoms with van der Waals surface area (Å²) < 4.78 is 11.1. The van der Waals surface area contributed by atoms with E-state index in [-0.39, 0.29) is 0 Å². The van der Waals surface area contributed by atoms with Crippen LogP contribution in [-0.2, 0) is 21.8 Å². The lowest BCUT2D eigenvalue weighted by Gasteiger charge is -2.22. The number of thiazole rings is 1. The van der Waals surface area contributed by atoms with Crippen LogP contribution in [0.5, 0.6) is 0 Å². The predicted octanol–water partition coefficient (Wildman–Crippen LogP) is 3.01. The molecule has 1 aromatic heterocycles. The summed E-state index contributed by atoms with van der Waals surface area (Å²) >= 11 is 7.40. The fourth-order valence-electron chi connectivity index (χ4n) is 1.84. The van der Waals surface area contributed by atoms with Crippen molar-refractivity contribution in [1.82, 2.24) is 4.98 Å². The van der Waals surface area contributed by atoms with Crippen LogP contribution < -0.4 is 0 Å². The molecular weight excluding hydrogens is 258 g/mol. The van der Waals surface area contributed by atoms with E-state index in [2.05, 4.69) is 4.98 Å². The lowest BCUT2D eigenvalue weighted by atomic mass is 10.1. The maximum atomic E-state index is 5.81. The molecule has 0 saturated carbocycles. The summed E-state index contributed by atoms with van der Waals surface area (Å²) in [6.07, 6.45) is 4.50. The number of rotatable bonds is 6. The van der Waals surface area contributed by atoms with Gasteiger partial charge in [-0.25, -0.2) is 4.98 Å². The van der Waals surface area contributed by atoms with Crippen LogP contribution in [0.4, 0.5) is 0 Å². The standard InChI is InChI=1S/C12H18ClNO2S/c13-8-10-9-17-12(14-10)2-1-5-16-11-3-6-15-7-4-11/h9,11H,1-8H2. The number of hydrogen-bond acceptors (Lipinski definition) is 4. The zero-order valence-corrected chi connectivity index (χ0v) is 11.4. The van der Waals surface area contributed by atoms with Gasteiger partial charge >= 0.3 is 0 Å². The predicted molar refractivity (Wildman–Crippen MR) is 69.8 cm³/mol. The van der Waals surface area contributed by atoms with E-state index in [4.69, 9.17) is 21.1 Å².